The molecule has 3 N–H and O–H groups in total. The van der Waals surface area contributed by atoms with Gasteiger partial charge in [-0.3, -0.25) is 28.8 Å². The fourth-order valence-corrected chi connectivity index (χ4v) is 9.90. The van der Waals surface area contributed by atoms with Gasteiger partial charge in [0.2, 0.25) is 29.5 Å². The van der Waals surface area contributed by atoms with Crippen molar-refractivity contribution in [3.05, 3.63) is 0 Å². The molecule has 8 atom stereocenters. The highest BCUT2D eigenvalue weighted by Crippen LogP contribution is 2.31. The van der Waals surface area contributed by atoms with E-state index in [0.29, 0.717) is 12.8 Å². The maximum absolute atomic E-state index is 14.9. The Bertz CT molecular complexity index is 1620. The number of esters is 1. The molecule has 1 aliphatic heterocycles. The molecule has 3 rings (SSSR count). The predicted molar refractivity (Wildman–Crippen MR) is 250 cm³/mol. The fraction of sp³-hybridized carbons (Fsp3) is 0.840. The Morgan fingerprint density at radius 3 is 1.65 bits per heavy atom. The number of likely N-dealkylation sites (N-methyl/N-ethyl adjacent to an activating group) is 3. The van der Waals surface area contributed by atoms with Crippen LogP contribution in [-0.2, 0) is 38.3 Å². The van der Waals surface area contributed by atoms with E-state index >= 15 is 0 Å². The van der Waals surface area contributed by atoms with Gasteiger partial charge in [0, 0.05) is 34.0 Å². The second kappa shape index (κ2) is 27.4. The minimum Gasteiger partial charge on any atom is -0.451 e. The summed E-state index contributed by atoms with van der Waals surface area (Å²) in [5.74, 6) is -3.86. The number of carbonyl (C=O) groups excluding carboxylic acids is 7. The van der Waals surface area contributed by atoms with E-state index in [0.717, 1.165) is 83.5 Å². The summed E-state index contributed by atoms with van der Waals surface area (Å²) in [6.07, 6.45) is 12.2. The van der Waals surface area contributed by atoms with Gasteiger partial charge >= 0.3 is 5.97 Å². The maximum atomic E-state index is 14.9. The van der Waals surface area contributed by atoms with Crippen LogP contribution in [0.1, 0.15) is 177 Å². The number of nitrogens with zero attached hydrogens (tertiary/aromatic N) is 4. The first-order chi connectivity index (χ1) is 30.8. The molecule has 0 bridgehead atoms. The summed E-state index contributed by atoms with van der Waals surface area (Å²) >= 11 is 0. The number of hydrogen-bond donors (Lipinski definition) is 3. The standard InChI is InChI=1S/C50H85N7O8/c1-11-12-20-34(6)29-39-47(61)55(8)35(7)50(64)65-43(25-19-26-51)46(60)54-40(30-36-21-15-13-16-22-36)49(63)56(9)41(28-33(4)5)44(58)52-38(27-32(2)3)48(62)57(10)42(45(59)53-39)31-37-23-17-14-18-24-37/h32-43H,11-25,27-31H2,1-10H3,(H,52,58)(H,53,59)(H,54,60)/t34-,35+,38+,39+,40+,41+,42+,43-/m1/s1. The van der Waals surface area contributed by atoms with Crippen molar-refractivity contribution < 1.29 is 38.3 Å². The molecule has 0 spiro atoms. The Hall–Kier alpha value is -4.22. The monoisotopic (exact) mass is 912 g/mol. The number of cyclic esters (lactones) is 1. The summed E-state index contributed by atoms with van der Waals surface area (Å²) in [5, 5.41) is 18.5. The van der Waals surface area contributed by atoms with Gasteiger partial charge < -0.3 is 35.4 Å². The molecule has 0 unspecified atom stereocenters. The smallest absolute Gasteiger partial charge is 0.329 e. The van der Waals surface area contributed by atoms with Gasteiger partial charge in [-0.1, -0.05) is 125 Å². The molecule has 2 saturated carbocycles. The van der Waals surface area contributed by atoms with Crippen molar-refractivity contribution in [3.8, 4) is 6.07 Å². The van der Waals surface area contributed by atoms with Gasteiger partial charge in [-0.2, -0.15) is 5.26 Å². The first kappa shape index (κ1) is 55.1. The summed E-state index contributed by atoms with van der Waals surface area (Å²) in [4.78, 5) is 106. The van der Waals surface area contributed by atoms with Crippen LogP contribution in [0.5, 0.6) is 0 Å². The summed E-state index contributed by atoms with van der Waals surface area (Å²) < 4.78 is 5.83. The van der Waals surface area contributed by atoms with Crippen molar-refractivity contribution in [3.63, 3.8) is 0 Å². The Balaban J connectivity index is 2.22. The van der Waals surface area contributed by atoms with Crippen LogP contribution in [0.3, 0.4) is 0 Å². The van der Waals surface area contributed by atoms with E-state index in [9.17, 15) is 38.8 Å². The molecule has 3 aliphatic rings. The van der Waals surface area contributed by atoms with Crippen LogP contribution in [0.2, 0.25) is 0 Å². The third-order valence-electron chi connectivity index (χ3n) is 14.1. The second-order valence-electron chi connectivity index (χ2n) is 20.6. The van der Waals surface area contributed by atoms with E-state index in [1.165, 1.54) is 28.7 Å². The molecule has 1 saturated heterocycles. The highest BCUT2D eigenvalue weighted by molar-refractivity contribution is 5.97. The number of nitrogens with one attached hydrogen (secondary N) is 3. The van der Waals surface area contributed by atoms with Gasteiger partial charge in [0.1, 0.15) is 36.3 Å². The summed E-state index contributed by atoms with van der Waals surface area (Å²) in [6, 6.07) is -4.31. The number of rotatable bonds is 15. The molecule has 0 aromatic rings. The number of amides is 6. The molecule has 15 heteroatoms. The normalized spacial score (nSPS) is 27.8. The van der Waals surface area contributed by atoms with E-state index in [1.807, 2.05) is 40.7 Å². The molecule has 6 amide bonds. The van der Waals surface area contributed by atoms with Crippen LogP contribution in [-0.4, -0.2) is 120 Å². The SMILES string of the molecule is CCCC[C@@H](C)C[C@@H]1NC(=O)[C@H](CC2CCCCC2)N(C)C(=O)[C@H](CC(C)C)NC(=O)[C@H](CC(C)C)N(C)C(=O)[C@H](CC2CCCCC2)NC(=O)[C@@H](CCC#N)OC(=O)[C@H](C)N(C)C1=O. The number of hydrogen-bond acceptors (Lipinski definition) is 9. The highest BCUT2D eigenvalue weighted by atomic mass is 16.5. The van der Waals surface area contributed by atoms with Crippen molar-refractivity contribution in [1.82, 2.24) is 30.7 Å². The molecule has 0 aromatic heterocycles. The van der Waals surface area contributed by atoms with Crippen molar-refractivity contribution >= 4 is 41.4 Å². The first-order valence-electron chi connectivity index (χ1n) is 25.1. The van der Waals surface area contributed by atoms with Crippen LogP contribution in [0.15, 0.2) is 0 Å². The summed E-state index contributed by atoms with van der Waals surface area (Å²) in [5.41, 5.74) is 0. The largest absolute Gasteiger partial charge is 0.451 e. The third kappa shape index (κ3) is 17.2. The Labute approximate surface area is 390 Å². The first-order valence-corrected chi connectivity index (χ1v) is 25.1. The van der Waals surface area contributed by atoms with Gasteiger partial charge in [0.25, 0.3) is 5.91 Å². The molecule has 0 radical (unpaired) electrons. The summed E-state index contributed by atoms with van der Waals surface area (Å²) in [6.45, 7) is 13.4. The molecular formula is C50H85N7O8. The Morgan fingerprint density at radius 2 is 1.11 bits per heavy atom. The summed E-state index contributed by atoms with van der Waals surface area (Å²) in [7, 11) is 4.60. The molecule has 1 heterocycles. The molecule has 368 valence electrons. The van der Waals surface area contributed by atoms with Gasteiger partial charge in [-0.25, -0.2) is 4.79 Å². The third-order valence-corrected chi connectivity index (χ3v) is 14.1. The second-order valence-corrected chi connectivity index (χ2v) is 20.6. The van der Waals surface area contributed by atoms with Gasteiger partial charge in [-0.05, 0) is 68.6 Å². The van der Waals surface area contributed by atoms with Crippen LogP contribution < -0.4 is 16.0 Å². The van der Waals surface area contributed by atoms with Gasteiger partial charge in [0.15, 0.2) is 6.10 Å². The van der Waals surface area contributed by atoms with Gasteiger partial charge in [-0.15, -0.1) is 0 Å². The fourth-order valence-electron chi connectivity index (χ4n) is 9.90. The minimum atomic E-state index is -1.45. The lowest BCUT2D eigenvalue weighted by Gasteiger charge is -2.37. The van der Waals surface area contributed by atoms with E-state index in [-0.39, 0.29) is 61.7 Å². The lowest BCUT2D eigenvalue weighted by molar-refractivity contribution is -0.163. The van der Waals surface area contributed by atoms with Gasteiger partial charge in [0.05, 0.1) is 6.07 Å². The number of carbonyl (C=O) groups is 7. The quantitative estimate of drug-likeness (QED) is 0.155. The number of unbranched alkanes of at least 4 members (excludes halogenated alkanes) is 1. The van der Waals surface area contributed by atoms with Crippen LogP contribution >= 0.6 is 0 Å². The molecule has 65 heavy (non-hydrogen) atoms. The van der Waals surface area contributed by atoms with Crippen molar-refractivity contribution in [1.29, 1.82) is 5.26 Å². The van der Waals surface area contributed by atoms with Crippen molar-refractivity contribution in [2.24, 2.45) is 29.6 Å². The van der Waals surface area contributed by atoms with Crippen LogP contribution in [0.25, 0.3) is 0 Å². The highest BCUT2D eigenvalue weighted by Gasteiger charge is 2.41. The van der Waals surface area contributed by atoms with Crippen molar-refractivity contribution in [2.75, 3.05) is 21.1 Å². The molecule has 2 aliphatic carbocycles. The molecule has 15 nitrogen and oxygen atoms in total. The molecule has 0 aromatic carbocycles. The van der Waals surface area contributed by atoms with Crippen LogP contribution in [0.4, 0.5) is 0 Å². The Kier molecular flexibility index (Phi) is 23.3. The molecule has 3 fully saturated rings. The predicted octanol–water partition coefficient (Wildman–Crippen LogP) is 6.42. The minimum absolute atomic E-state index is 0.0244. The zero-order chi connectivity index (χ0) is 48.4. The maximum Gasteiger partial charge on any atom is 0.329 e. The zero-order valence-corrected chi connectivity index (χ0v) is 41.6. The lowest BCUT2D eigenvalue weighted by atomic mass is 9.84. The van der Waals surface area contributed by atoms with Crippen molar-refractivity contribution in [2.45, 2.75) is 219 Å². The molecular weight excluding hydrogens is 827 g/mol. The van der Waals surface area contributed by atoms with Crippen LogP contribution in [0, 0.1) is 40.9 Å². The topological polar surface area (TPSA) is 198 Å². The lowest BCUT2D eigenvalue weighted by Crippen LogP contribution is -2.60. The average molecular weight is 912 g/mol. The van der Waals surface area contributed by atoms with E-state index < -0.39 is 83.8 Å². The number of nitriles is 1. The number of ether oxygens (including phenoxy) is 1. The average Bonchev–Trinajstić information content (AvgIpc) is 3.28. The van der Waals surface area contributed by atoms with E-state index in [4.69, 9.17) is 4.74 Å². The van der Waals surface area contributed by atoms with E-state index in [1.54, 1.807) is 14.1 Å². The Morgan fingerprint density at radius 1 is 0.631 bits per heavy atom. The van der Waals surface area contributed by atoms with E-state index in [2.05, 4.69) is 22.9 Å². The zero-order valence-electron chi connectivity index (χ0n) is 41.6.